The molecule has 2 aromatic rings. The highest BCUT2D eigenvalue weighted by atomic mass is 16.6. The molecule has 0 saturated heterocycles. The summed E-state index contributed by atoms with van der Waals surface area (Å²) in [6.45, 7) is 7.60. The molecule has 0 fully saturated rings. The van der Waals surface area contributed by atoms with Crippen LogP contribution in [0.4, 0.5) is 4.79 Å². The number of aromatic amines is 1. The molecule has 1 amide bonds. The first-order valence-corrected chi connectivity index (χ1v) is 8.35. The molecule has 7 nitrogen and oxygen atoms in total. The number of H-pyrrole nitrogens is 1. The predicted molar refractivity (Wildman–Crippen MR) is 98.8 cm³/mol. The molecule has 1 aliphatic heterocycles. The van der Waals surface area contributed by atoms with E-state index >= 15 is 0 Å². The number of aromatic nitrogens is 2. The van der Waals surface area contributed by atoms with Gasteiger partial charge in [0.2, 0.25) is 0 Å². The van der Waals surface area contributed by atoms with Gasteiger partial charge in [-0.25, -0.2) is 4.79 Å². The third kappa shape index (κ3) is 3.72. The van der Waals surface area contributed by atoms with Crippen LogP contribution >= 0.6 is 0 Å². The van der Waals surface area contributed by atoms with Crippen molar-refractivity contribution in [3.05, 3.63) is 54.1 Å². The number of hydrogen-bond acceptors (Lipinski definition) is 5. The lowest BCUT2D eigenvalue weighted by Crippen LogP contribution is -2.28. The predicted octanol–water partition coefficient (Wildman–Crippen LogP) is 3.82. The Morgan fingerprint density at radius 3 is 3.00 bits per heavy atom. The summed E-state index contributed by atoms with van der Waals surface area (Å²) in [5.41, 5.74) is 2.17. The fourth-order valence-electron chi connectivity index (χ4n) is 2.69. The second kappa shape index (κ2) is 7.35. The summed E-state index contributed by atoms with van der Waals surface area (Å²) in [7, 11) is 0. The summed E-state index contributed by atoms with van der Waals surface area (Å²) in [6.07, 6.45) is 3.17. The van der Waals surface area contributed by atoms with Gasteiger partial charge in [0.25, 0.3) is 0 Å². The van der Waals surface area contributed by atoms with E-state index in [1.165, 1.54) is 6.08 Å². The first-order chi connectivity index (χ1) is 12.5. The number of allylic oxidation sites excluding steroid dienone is 3. The summed E-state index contributed by atoms with van der Waals surface area (Å²) in [5.74, 6) is 0.339. The van der Waals surface area contributed by atoms with Crippen LogP contribution in [0.5, 0.6) is 5.75 Å². The zero-order valence-electron chi connectivity index (χ0n) is 14.7. The number of fused-ring (bicyclic) bond motifs is 1. The molecule has 1 atom stereocenters. The van der Waals surface area contributed by atoms with Crippen LogP contribution in [-0.2, 0) is 4.74 Å². The highest BCUT2D eigenvalue weighted by molar-refractivity contribution is 5.93. The number of benzene rings is 1. The Morgan fingerprint density at radius 2 is 2.27 bits per heavy atom. The number of alkyl carbamates (subject to hydrolysis) is 1. The minimum absolute atomic E-state index is 0.0377. The Bertz CT molecular complexity index is 911. The monoisotopic (exact) mass is 355 g/mol. The van der Waals surface area contributed by atoms with Crippen molar-refractivity contribution in [1.82, 2.24) is 15.5 Å². The maximum absolute atomic E-state index is 12.0. The standard InChI is InChI=1S/C19H21N3O4/c1-4-13-9-17(12(3)23)26-19(24)20-8-7-11(2)25-14-5-6-16-15(10-14)18(13)22-21-16/h4-6,9-11,23H,3,7-8H2,1-2H3,(H,20,24)(H,21,22)/b13-4+,17-9+. The van der Waals surface area contributed by atoms with Crippen LogP contribution in [-0.4, -0.2) is 34.0 Å². The number of nitrogens with one attached hydrogen (secondary N) is 2. The van der Waals surface area contributed by atoms with Gasteiger partial charge >= 0.3 is 6.09 Å². The third-order valence-corrected chi connectivity index (χ3v) is 4.05. The Balaban J connectivity index is 2.13. The van der Waals surface area contributed by atoms with Gasteiger partial charge in [0.05, 0.1) is 17.3 Å². The lowest BCUT2D eigenvalue weighted by atomic mass is 10.1. The van der Waals surface area contributed by atoms with E-state index in [9.17, 15) is 9.90 Å². The van der Waals surface area contributed by atoms with Crippen LogP contribution in [0.15, 0.2) is 48.4 Å². The summed E-state index contributed by atoms with van der Waals surface area (Å²) in [4.78, 5) is 12.0. The van der Waals surface area contributed by atoms with Gasteiger partial charge in [0, 0.05) is 23.9 Å². The number of rotatable bonds is 1. The van der Waals surface area contributed by atoms with E-state index in [0.717, 1.165) is 16.7 Å². The number of carbonyl (C=O) groups is 1. The van der Waals surface area contributed by atoms with E-state index in [0.29, 0.717) is 24.2 Å². The smallest absolute Gasteiger partial charge is 0.412 e. The molecule has 2 bridgehead atoms. The number of amides is 1. The summed E-state index contributed by atoms with van der Waals surface area (Å²) >= 11 is 0. The van der Waals surface area contributed by atoms with Crippen molar-refractivity contribution in [2.45, 2.75) is 26.4 Å². The lowest BCUT2D eigenvalue weighted by molar-refractivity contribution is 0.166. The molecule has 0 radical (unpaired) electrons. The first kappa shape index (κ1) is 17.6. The second-order valence-electron chi connectivity index (χ2n) is 6.01. The fraction of sp³-hybridized carbons (Fsp3) is 0.263. The van der Waals surface area contributed by atoms with Crippen molar-refractivity contribution in [2.75, 3.05) is 6.54 Å². The van der Waals surface area contributed by atoms with Crippen molar-refractivity contribution >= 4 is 22.6 Å². The van der Waals surface area contributed by atoms with Crippen molar-refractivity contribution < 1.29 is 19.4 Å². The SMILES string of the molecule is C=C(O)/C1=C\C(=C/C)c2n[nH]c3ccc(cc23)OC(C)CCNC(=O)O1. The molecular weight excluding hydrogens is 334 g/mol. The Morgan fingerprint density at radius 1 is 1.46 bits per heavy atom. The number of aliphatic hydroxyl groups excluding tert-OH is 1. The number of hydrogen-bond donors (Lipinski definition) is 3. The molecular formula is C19H21N3O4. The lowest BCUT2D eigenvalue weighted by Gasteiger charge is -2.16. The highest BCUT2D eigenvalue weighted by Gasteiger charge is 2.16. The molecule has 3 N–H and O–H groups in total. The number of nitrogens with zero attached hydrogens (tertiary/aromatic N) is 1. The van der Waals surface area contributed by atoms with E-state index in [-0.39, 0.29) is 17.6 Å². The summed E-state index contributed by atoms with van der Waals surface area (Å²) < 4.78 is 11.1. The van der Waals surface area contributed by atoms with Gasteiger partial charge in [-0.2, -0.15) is 5.10 Å². The molecule has 1 aromatic carbocycles. The van der Waals surface area contributed by atoms with E-state index < -0.39 is 6.09 Å². The molecule has 1 unspecified atom stereocenters. The molecule has 2 heterocycles. The van der Waals surface area contributed by atoms with Crippen LogP contribution in [0, 0.1) is 0 Å². The van der Waals surface area contributed by atoms with Gasteiger partial charge in [-0.15, -0.1) is 0 Å². The first-order valence-electron chi connectivity index (χ1n) is 8.35. The number of ether oxygens (including phenoxy) is 2. The number of carbonyl (C=O) groups excluding carboxylic acids is 1. The summed E-state index contributed by atoms with van der Waals surface area (Å²) in [6, 6.07) is 5.70. The summed E-state index contributed by atoms with van der Waals surface area (Å²) in [5, 5.41) is 20.6. The molecule has 0 spiro atoms. The molecule has 1 aromatic heterocycles. The van der Waals surface area contributed by atoms with Crippen molar-refractivity contribution in [2.24, 2.45) is 0 Å². The molecule has 3 rings (SSSR count). The Hall–Kier alpha value is -3.22. The quantitative estimate of drug-likeness (QED) is 0.676. The number of cyclic esters (lactones) is 1. The Kier molecular flexibility index (Phi) is 4.97. The van der Waals surface area contributed by atoms with E-state index in [4.69, 9.17) is 9.47 Å². The van der Waals surface area contributed by atoms with E-state index in [1.807, 2.05) is 38.1 Å². The van der Waals surface area contributed by atoms with Crippen LogP contribution < -0.4 is 10.1 Å². The minimum atomic E-state index is -0.670. The van der Waals surface area contributed by atoms with Crippen molar-refractivity contribution in [3.8, 4) is 5.75 Å². The van der Waals surface area contributed by atoms with Crippen LogP contribution in [0.25, 0.3) is 16.5 Å². The zero-order valence-corrected chi connectivity index (χ0v) is 14.7. The van der Waals surface area contributed by atoms with Gasteiger partial charge < -0.3 is 19.9 Å². The van der Waals surface area contributed by atoms with Gasteiger partial charge in [-0.05, 0) is 38.1 Å². The van der Waals surface area contributed by atoms with E-state index in [2.05, 4.69) is 22.1 Å². The maximum Gasteiger partial charge on any atom is 0.412 e. The van der Waals surface area contributed by atoms with Gasteiger partial charge in [0.1, 0.15) is 5.75 Å². The average molecular weight is 355 g/mol. The van der Waals surface area contributed by atoms with E-state index in [1.54, 1.807) is 0 Å². The highest BCUT2D eigenvalue weighted by Crippen LogP contribution is 2.29. The van der Waals surface area contributed by atoms with Gasteiger partial charge in [-0.3, -0.25) is 5.10 Å². The van der Waals surface area contributed by atoms with Crippen LogP contribution in [0.1, 0.15) is 26.0 Å². The van der Waals surface area contributed by atoms with Crippen molar-refractivity contribution in [3.63, 3.8) is 0 Å². The molecule has 26 heavy (non-hydrogen) atoms. The average Bonchev–Trinajstić information content (AvgIpc) is 3.01. The van der Waals surface area contributed by atoms with Crippen molar-refractivity contribution in [1.29, 1.82) is 0 Å². The fourth-order valence-corrected chi connectivity index (χ4v) is 2.69. The van der Waals surface area contributed by atoms with Crippen LogP contribution in [0.2, 0.25) is 0 Å². The maximum atomic E-state index is 12.0. The zero-order chi connectivity index (χ0) is 18.7. The number of aliphatic hydroxyl groups is 1. The second-order valence-corrected chi connectivity index (χ2v) is 6.01. The molecule has 136 valence electrons. The Labute approximate surface area is 151 Å². The molecule has 0 aliphatic carbocycles. The third-order valence-electron chi connectivity index (χ3n) is 4.05. The van der Waals surface area contributed by atoms with Gasteiger partial charge in [0.15, 0.2) is 11.5 Å². The normalized spacial score (nSPS) is 22.1. The van der Waals surface area contributed by atoms with Gasteiger partial charge in [-0.1, -0.05) is 12.7 Å². The minimum Gasteiger partial charge on any atom is -0.505 e. The molecule has 1 aliphatic rings. The molecule has 7 heteroatoms. The molecule has 0 saturated carbocycles. The van der Waals surface area contributed by atoms with Crippen LogP contribution in [0.3, 0.4) is 0 Å². The largest absolute Gasteiger partial charge is 0.505 e. The topological polar surface area (TPSA) is 96.5 Å².